The lowest BCUT2D eigenvalue weighted by Crippen LogP contribution is -2.48. The van der Waals surface area contributed by atoms with Crippen molar-refractivity contribution in [2.24, 2.45) is 5.92 Å². The largest absolute Gasteiger partial charge is 0.501 e. The summed E-state index contributed by atoms with van der Waals surface area (Å²) in [7, 11) is -7.17. The van der Waals surface area contributed by atoms with Crippen LogP contribution >= 0.6 is 23.4 Å². The molecule has 0 aromatic heterocycles. The Morgan fingerprint density at radius 3 is 2.20 bits per heavy atom. The van der Waals surface area contributed by atoms with E-state index in [1.54, 1.807) is 12.1 Å². The fourth-order valence-corrected chi connectivity index (χ4v) is 11.0. The number of benzene rings is 4. The Morgan fingerprint density at radius 1 is 0.883 bits per heavy atom. The number of halogens is 4. The molecule has 10 nitrogen and oxygen atoms in total. The number of nitrogens with zero attached hydrogens (tertiary/aromatic N) is 3. The third-order valence-electron chi connectivity index (χ3n) is 11.1. The van der Waals surface area contributed by atoms with E-state index >= 15 is 0 Å². The second-order valence-corrected chi connectivity index (χ2v) is 20.8. The van der Waals surface area contributed by atoms with E-state index in [9.17, 15) is 34.8 Å². The summed E-state index contributed by atoms with van der Waals surface area (Å²) in [5.74, 6) is 0.434. The van der Waals surface area contributed by atoms with Crippen molar-refractivity contribution >= 4 is 60.5 Å². The minimum Gasteiger partial charge on any atom is -0.380 e. The van der Waals surface area contributed by atoms with Crippen LogP contribution in [0.2, 0.25) is 5.02 Å². The van der Waals surface area contributed by atoms with Crippen molar-refractivity contribution < 1.29 is 34.8 Å². The number of carbonyl (C=O) groups is 1. The number of sulfonamides is 1. The van der Waals surface area contributed by atoms with Gasteiger partial charge in [0.15, 0.2) is 0 Å². The van der Waals surface area contributed by atoms with Gasteiger partial charge in [0.05, 0.1) is 10.6 Å². The molecule has 4 aromatic carbocycles. The van der Waals surface area contributed by atoms with E-state index in [1.165, 1.54) is 55.1 Å². The van der Waals surface area contributed by atoms with Gasteiger partial charge >= 0.3 is 5.51 Å². The van der Waals surface area contributed by atoms with Crippen molar-refractivity contribution in [1.82, 2.24) is 14.5 Å². The highest BCUT2D eigenvalue weighted by molar-refractivity contribution is 7.99. The molecule has 1 heterocycles. The van der Waals surface area contributed by atoms with Crippen molar-refractivity contribution in [3.05, 3.63) is 113 Å². The third-order valence-corrected chi connectivity index (χ3v) is 15.4. The van der Waals surface area contributed by atoms with Gasteiger partial charge in [-0.1, -0.05) is 54.8 Å². The number of carbonyl (C=O) groups excluding carboxylic acids is 1. The molecule has 0 bridgehead atoms. The second kappa shape index (κ2) is 19.9. The molecule has 2 aliphatic rings. The summed E-state index contributed by atoms with van der Waals surface area (Å²) in [4.78, 5) is 18.7. The van der Waals surface area contributed by atoms with E-state index in [4.69, 9.17) is 11.6 Å². The molecule has 6 rings (SSSR count). The number of thioether (sulfide) groups is 1. The average Bonchev–Trinajstić information content (AvgIpc) is 3.22. The molecular weight excluding hydrogens is 855 g/mol. The van der Waals surface area contributed by atoms with Crippen molar-refractivity contribution in [2.75, 3.05) is 69.3 Å². The maximum Gasteiger partial charge on any atom is 0.501 e. The van der Waals surface area contributed by atoms with E-state index in [0.717, 1.165) is 60.5 Å². The third kappa shape index (κ3) is 11.8. The highest BCUT2D eigenvalue weighted by atomic mass is 35.5. The number of hydrogen-bond acceptors (Lipinski definition) is 10. The lowest BCUT2D eigenvalue weighted by Gasteiger charge is -2.40. The van der Waals surface area contributed by atoms with Gasteiger partial charge in [-0.05, 0) is 124 Å². The Labute approximate surface area is 360 Å². The van der Waals surface area contributed by atoms with Crippen LogP contribution in [0.1, 0.15) is 53.9 Å². The van der Waals surface area contributed by atoms with Crippen molar-refractivity contribution in [3.63, 3.8) is 0 Å². The van der Waals surface area contributed by atoms with Crippen LogP contribution in [0.3, 0.4) is 0 Å². The molecule has 0 radical (unpaired) electrons. The van der Waals surface area contributed by atoms with E-state index in [-0.39, 0.29) is 5.56 Å². The number of hydrogen-bond donors (Lipinski definition) is 2. The Balaban J connectivity index is 1.11. The van der Waals surface area contributed by atoms with Gasteiger partial charge in [-0.3, -0.25) is 9.69 Å². The van der Waals surface area contributed by atoms with E-state index in [0.29, 0.717) is 36.6 Å². The van der Waals surface area contributed by atoms with Gasteiger partial charge in [0.25, 0.3) is 25.8 Å². The number of piperazine rings is 1. The number of anilines is 2. The predicted octanol–water partition coefficient (Wildman–Crippen LogP) is 8.37. The van der Waals surface area contributed by atoms with Gasteiger partial charge in [0, 0.05) is 65.7 Å². The summed E-state index contributed by atoms with van der Waals surface area (Å²) < 4.78 is 96.7. The lowest BCUT2D eigenvalue weighted by atomic mass is 9.75. The first-order chi connectivity index (χ1) is 28.5. The molecule has 1 saturated heterocycles. The van der Waals surface area contributed by atoms with Crippen LogP contribution in [-0.2, 0) is 19.9 Å². The van der Waals surface area contributed by atoms with E-state index in [1.807, 2.05) is 66.2 Å². The highest BCUT2D eigenvalue weighted by Gasteiger charge is 2.48. The zero-order valence-corrected chi connectivity index (χ0v) is 36.8. The minimum absolute atomic E-state index is 0.00701. The fourth-order valence-electron chi connectivity index (χ4n) is 7.84. The molecule has 0 unspecified atom stereocenters. The van der Waals surface area contributed by atoms with Gasteiger partial charge in [-0.25, -0.2) is 21.6 Å². The SMILES string of the molecule is CN(C)CC[C@H](CSc1ccccc1)Nc1ccc(S(=O)(=O)NC(=O)c2ccc(N3CCN(C[C@@H]4CCCC[C@@H]4c4ccc(Cl)cc4)CC3)cc2)cc1S(=O)(=O)C(F)(F)F. The highest BCUT2D eigenvalue weighted by Crippen LogP contribution is 2.39. The summed E-state index contributed by atoms with van der Waals surface area (Å²) in [6, 6.07) is 25.9. The topological polar surface area (TPSA) is 119 Å². The van der Waals surface area contributed by atoms with Gasteiger partial charge < -0.3 is 15.1 Å². The maximum absolute atomic E-state index is 14.0. The van der Waals surface area contributed by atoms with Crippen LogP contribution < -0.4 is 14.9 Å². The molecule has 1 aliphatic carbocycles. The first kappa shape index (κ1) is 45.7. The first-order valence-corrected chi connectivity index (χ1v) is 24.3. The van der Waals surface area contributed by atoms with Gasteiger partial charge in [-0.15, -0.1) is 11.8 Å². The summed E-state index contributed by atoms with van der Waals surface area (Å²) >= 11 is 7.59. The summed E-state index contributed by atoms with van der Waals surface area (Å²) in [6.07, 6.45) is 5.26. The monoisotopic (exact) mass is 905 g/mol. The molecule has 1 saturated carbocycles. The van der Waals surface area contributed by atoms with Crippen LogP contribution in [0.15, 0.2) is 112 Å². The molecule has 2 fully saturated rings. The smallest absolute Gasteiger partial charge is 0.380 e. The zero-order chi connectivity index (χ0) is 43.1. The van der Waals surface area contributed by atoms with Gasteiger partial charge in [0.2, 0.25) is 0 Å². The molecule has 1 amide bonds. The quantitative estimate of drug-likeness (QED) is 0.106. The zero-order valence-electron chi connectivity index (χ0n) is 33.6. The van der Waals surface area contributed by atoms with Gasteiger partial charge in [-0.2, -0.15) is 13.2 Å². The Kier molecular flexibility index (Phi) is 15.2. The number of nitrogens with one attached hydrogen (secondary N) is 2. The summed E-state index contributed by atoms with van der Waals surface area (Å²) in [5, 5.41) is 3.68. The molecule has 324 valence electrons. The van der Waals surface area contributed by atoms with Crippen LogP contribution in [-0.4, -0.2) is 103 Å². The maximum atomic E-state index is 14.0. The van der Waals surface area contributed by atoms with Crippen LogP contribution in [0.25, 0.3) is 0 Å². The Hall–Kier alpha value is -3.80. The van der Waals surface area contributed by atoms with Crippen molar-refractivity contribution in [3.8, 4) is 0 Å². The molecule has 2 N–H and O–H groups in total. The number of alkyl halides is 3. The Morgan fingerprint density at radius 2 is 1.55 bits per heavy atom. The summed E-state index contributed by atoms with van der Waals surface area (Å²) in [6.45, 7) is 4.84. The van der Waals surface area contributed by atoms with Crippen molar-refractivity contribution in [1.29, 1.82) is 0 Å². The first-order valence-electron chi connectivity index (χ1n) is 19.9. The minimum atomic E-state index is -6.03. The molecule has 1 aliphatic heterocycles. The molecule has 0 spiro atoms. The second-order valence-electron chi connectivity index (χ2n) is 15.6. The molecule has 60 heavy (non-hydrogen) atoms. The number of sulfone groups is 1. The Bertz CT molecular complexity index is 2280. The predicted molar refractivity (Wildman–Crippen MR) is 233 cm³/mol. The lowest BCUT2D eigenvalue weighted by molar-refractivity contribution is -0.0435. The average molecular weight is 907 g/mol. The molecule has 3 atom stereocenters. The standard InChI is InChI=1S/C43H51ClF3N5O5S3/c1-50(2)23-22-35(30-58-37-9-4-3-5-10-37)48-40-21-20-38(28-41(40)59(54,55)43(45,46)47)60(56,57)49-42(53)32-14-18-36(19-15-32)52-26-24-51(25-27-52)29-33-8-6-7-11-39(33)31-12-16-34(44)17-13-31/h3-5,9-10,12-21,28,33,35,39,48H,6-8,11,22-27,29-30H2,1-2H3,(H,49,53)/t33-,35+,39+/m0/s1. The number of amides is 1. The molecule has 17 heteroatoms. The van der Waals surface area contributed by atoms with Gasteiger partial charge in [0.1, 0.15) is 4.90 Å². The van der Waals surface area contributed by atoms with E-state index < -0.39 is 52.8 Å². The molecular formula is C43H51ClF3N5O5S3. The number of rotatable bonds is 16. The fraction of sp³-hybridized carbons (Fsp3) is 0.419. The summed E-state index contributed by atoms with van der Waals surface area (Å²) in [5.41, 5.74) is -3.91. The van der Waals surface area contributed by atoms with Crippen LogP contribution in [0, 0.1) is 5.92 Å². The van der Waals surface area contributed by atoms with Crippen molar-refractivity contribution in [2.45, 2.75) is 64.3 Å². The normalized spacial score (nSPS) is 18.6. The van der Waals surface area contributed by atoms with E-state index in [2.05, 4.69) is 27.2 Å². The molecule has 4 aromatic rings. The van der Waals surface area contributed by atoms with Crippen LogP contribution in [0.5, 0.6) is 0 Å². The van der Waals surface area contributed by atoms with Crippen LogP contribution in [0.4, 0.5) is 24.5 Å².